The maximum absolute atomic E-state index is 3.83. The number of hydrogen-bond donors (Lipinski definition) is 0. The summed E-state index contributed by atoms with van der Waals surface area (Å²) in [6.07, 6.45) is 8.98. The van der Waals surface area contributed by atoms with Crippen LogP contribution in [-0.4, -0.2) is 0 Å². The Balaban J connectivity index is 2.46. The molecule has 0 spiro atoms. The van der Waals surface area contributed by atoms with Crippen LogP contribution in [0.2, 0.25) is 0 Å². The van der Waals surface area contributed by atoms with Gasteiger partial charge in [-0.1, -0.05) is 39.7 Å². The molecule has 76 valence electrons. The monoisotopic (exact) mass is 180 g/mol. The van der Waals surface area contributed by atoms with Crippen molar-refractivity contribution in [3.63, 3.8) is 0 Å². The van der Waals surface area contributed by atoms with E-state index in [2.05, 4.69) is 33.4 Å². The molecule has 0 aromatic carbocycles. The predicted molar refractivity (Wildman–Crippen MR) is 59.7 cm³/mol. The molecular formula is C13H24. The zero-order valence-electron chi connectivity index (χ0n) is 9.47. The molecular weight excluding hydrogens is 156 g/mol. The second kappa shape index (κ2) is 4.30. The van der Waals surface area contributed by atoms with E-state index < -0.39 is 0 Å². The Kier molecular flexibility index (Phi) is 3.58. The first-order valence-electron chi connectivity index (χ1n) is 5.66. The molecule has 0 aliphatic heterocycles. The number of allylic oxidation sites excluding steroid dienone is 1. The van der Waals surface area contributed by atoms with Crippen molar-refractivity contribution in [3.8, 4) is 0 Å². The first-order chi connectivity index (χ1) is 6.05. The van der Waals surface area contributed by atoms with Gasteiger partial charge in [0.2, 0.25) is 0 Å². The Morgan fingerprint density at radius 1 is 1.54 bits per heavy atom. The van der Waals surface area contributed by atoms with Gasteiger partial charge in [-0.25, -0.2) is 0 Å². The molecule has 0 heteroatoms. The smallest absolute Gasteiger partial charge is 0.0325 e. The van der Waals surface area contributed by atoms with Gasteiger partial charge in [-0.2, -0.15) is 0 Å². The minimum Gasteiger partial charge on any atom is -0.103 e. The van der Waals surface area contributed by atoms with Gasteiger partial charge in [-0.15, -0.1) is 6.58 Å². The van der Waals surface area contributed by atoms with Crippen molar-refractivity contribution >= 4 is 0 Å². The number of rotatable bonds is 3. The average molecular weight is 180 g/mol. The van der Waals surface area contributed by atoms with Gasteiger partial charge in [0.15, 0.2) is 0 Å². The molecule has 0 bridgehead atoms. The van der Waals surface area contributed by atoms with Crippen LogP contribution in [0.4, 0.5) is 0 Å². The topological polar surface area (TPSA) is 0 Å². The Bertz CT molecular complexity index is 167. The van der Waals surface area contributed by atoms with Gasteiger partial charge < -0.3 is 0 Å². The molecule has 1 aliphatic carbocycles. The molecule has 13 heavy (non-hydrogen) atoms. The molecule has 1 rings (SSSR count). The summed E-state index contributed by atoms with van der Waals surface area (Å²) >= 11 is 0. The van der Waals surface area contributed by atoms with Crippen LogP contribution >= 0.6 is 0 Å². The highest BCUT2D eigenvalue weighted by atomic mass is 14.4. The van der Waals surface area contributed by atoms with Gasteiger partial charge in [-0.3, -0.25) is 0 Å². The van der Waals surface area contributed by atoms with E-state index in [1.54, 1.807) is 0 Å². The van der Waals surface area contributed by atoms with Gasteiger partial charge in [0, 0.05) is 0 Å². The fourth-order valence-electron chi connectivity index (χ4n) is 2.70. The summed E-state index contributed by atoms with van der Waals surface area (Å²) in [5.74, 6) is 1.79. The standard InChI is InChI=1S/C13H24/c1-5-7-11(2)12-8-6-9-13(3,4)10-12/h5,11-12H,1,6-10H2,2-4H3. The summed E-state index contributed by atoms with van der Waals surface area (Å²) in [4.78, 5) is 0. The average Bonchev–Trinajstić information content (AvgIpc) is 2.03. The highest BCUT2D eigenvalue weighted by Gasteiger charge is 2.30. The van der Waals surface area contributed by atoms with E-state index in [1.165, 1.54) is 32.1 Å². The maximum atomic E-state index is 3.83. The Hall–Kier alpha value is -0.260. The van der Waals surface area contributed by atoms with Crippen LogP contribution in [0.1, 0.15) is 52.9 Å². The molecule has 1 aliphatic rings. The van der Waals surface area contributed by atoms with Crippen molar-refractivity contribution in [3.05, 3.63) is 12.7 Å². The second-order valence-corrected chi connectivity index (χ2v) is 5.52. The first-order valence-corrected chi connectivity index (χ1v) is 5.66. The SMILES string of the molecule is C=CCC(C)C1CCCC(C)(C)C1. The van der Waals surface area contributed by atoms with Gasteiger partial charge >= 0.3 is 0 Å². The summed E-state index contributed by atoms with van der Waals surface area (Å²) in [6, 6.07) is 0. The molecule has 0 saturated heterocycles. The third-order valence-corrected chi connectivity index (χ3v) is 3.59. The van der Waals surface area contributed by atoms with Gasteiger partial charge in [0.05, 0.1) is 0 Å². The molecule has 2 unspecified atom stereocenters. The lowest BCUT2D eigenvalue weighted by molar-refractivity contribution is 0.141. The van der Waals surface area contributed by atoms with Gasteiger partial charge in [0.25, 0.3) is 0 Å². The molecule has 0 nitrogen and oxygen atoms in total. The molecule has 1 saturated carbocycles. The summed E-state index contributed by atoms with van der Waals surface area (Å²) in [5, 5.41) is 0. The normalized spacial score (nSPS) is 29.6. The minimum absolute atomic E-state index is 0.596. The first kappa shape index (κ1) is 10.8. The summed E-state index contributed by atoms with van der Waals surface area (Å²) < 4.78 is 0. The summed E-state index contributed by atoms with van der Waals surface area (Å²) in [7, 11) is 0. The second-order valence-electron chi connectivity index (χ2n) is 5.52. The van der Waals surface area contributed by atoms with Crippen LogP contribution in [0, 0.1) is 17.3 Å². The highest BCUT2D eigenvalue weighted by Crippen LogP contribution is 2.42. The Morgan fingerprint density at radius 2 is 2.23 bits per heavy atom. The lowest BCUT2D eigenvalue weighted by atomic mass is 9.68. The Labute approximate surface area is 83.4 Å². The third kappa shape index (κ3) is 3.17. The highest BCUT2D eigenvalue weighted by molar-refractivity contribution is 4.84. The van der Waals surface area contributed by atoms with E-state index in [-0.39, 0.29) is 0 Å². The summed E-state index contributed by atoms with van der Waals surface area (Å²) in [5.41, 5.74) is 0.596. The van der Waals surface area contributed by atoms with Crippen LogP contribution in [0.25, 0.3) is 0 Å². The van der Waals surface area contributed by atoms with Crippen molar-refractivity contribution < 1.29 is 0 Å². The van der Waals surface area contributed by atoms with Gasteiger partial charge in [0.1, 0.15) is 0 Å². The lowest BCUT2D eigenvalue weighted by Gasteiger charge is -2.38. The zero-order chi connectivity index (χ0) is 9.90. The molecule has 0 N–H and O–H groups in total. The van der Waals surface area contributed by atoms with Gasteiger partial charge in [-0.05, 0) is 36.5 Å². The minimum atomic E-state index is 0.596. The molecule has 0 heterocycles. The van der Waals surface area contributed by atoms with Crippen molar-refractivity contribution in [1.82, 2.24) is 0 Å². The fourth-order valence-corrected chi connectivity index (χ4v) is 2.70. The molecule has 0 aromatic heterocycles. The largest absolute Gasteiger partial charge is 0.103 e. The maximum Gasteiger partial charge on any atom is -0.0325 e. The van der Waals surface area contributed by atoms with Crippen LogP contribution in [0.3, 0.4) is 0 Å². The third-order valence-electron chi connectivity index (χ3n) is 3.59. The Morgan fingerprint density at radius 3 is 2.77 bits per heavy atom. The van der Waals surface area contributed by atoms with Crippen LogP contribution in [-0.2, 0) is 0 Å². The fraction of sp³-hybridized carbons (Fsp3) is 0.846. The van der Waals surface area contributed by atoms with E-state index in [9.17, 15) is 0 Å². The zero-order valence-corrected chi connectivity index (χ0v) is 9.47. The van der Waals surface area contributed by atoms with E-state index in [1.807, 2.05) is 0 Å². The van der Waals surface area contributed by atoms with Crippen molar-refractivity contribution in [1.29, 1.82) is 0 Å². The molecule has 0 amide bonds. The van der Waals surface area contributed by atoms with Crippen molar-refractivity contribution in [2.24, 2.45) is 17.3 Å². The molecule has 0 aromatic rings. The van der Waals surface area contributed by atoms with Crippen molar-refractivity contribution in [2.45, 2.75) is 52.9 Å². The van der Waals surface area contributed by atoms with Crippen LogP contribution in [0.5, 0.6) is 0 Å². The van der Waals surface area contributed by atoms with E-state index in [0.29, 0.717) is 5.41 Å². The molecule has 2 atom stereocenters. The quantitative estimate of drug-likeness (QED) is 0.564. The van der Waals surface area contributed by atoms with Crippen molar-refractivity contribution in [2.75, 3.05) is 0 Å². The molecule has 1 fully saturated rings. The van der Waals surface area contributed by atoms with Crippen LogP contribution < -0.4 is 0 Å². The van der Waals surface area contributed by atoms with E-state index >= 15 is 0 Å². The summed E-state index contributed by atoms with van der Waals surface area (Å²) in [6.45, 7) is 11.0. The predicted octanol–water partition coefficient (Wildman–Crippen LogP) is 4.42. The lowest BCUT2D eigenvalue weighted by Crippen LogP contribution is -2.26. The molecule has 0 radical (unpaired) electrons. The van der Waals surface area contributed by atoms with E-state index in [4.69, 9.17) is 0 Å². The van der Waals surface area contributed by atoms with Crippen LogP contribution in [0.15, 0.2) is 12.7 Å². The van der Waals surface area contributed by atoms with E-state index in [0.717, 1.165) is 11.8 Å². The number of hydrogen-bond acceptors (Lipinski definition) is 0.